The molecule has 39 heavy (non-hydrogen) atoms. The number of aromatic nitrogens is 1. The molecule has 1 aromatic heterocycles. The maximum atomic E-state index is 14.7. The first kappa shape index (κ1) is 30.2. The molecule has 2 aromatic rings. The van der Waals surface area contributed by atoms with Crippen molar-refractivity contribution in [2.45, 2.75) is 71.2 Å². The van der Waals surface area contributed by atoms with Crippen LogP contribution in [-0.4, -0.2) is 29.9 Å². The number of nitriles is 1. The van der Waals surface area contributed by atoms with Gasteiger partial charge in [0.15, 0.2) is 11.6 Å². The summed E-state index contributed by atoms with van der Waals surface area (Å²) >= 11 is 0. The van der Waals surface area contributed by atoms with Crippen LogP contribution in [0, 0.1) is 30.0 Å². The Labute approximate surface area is 224 Å². The predicted molar refractivity (Wildman–Crippen MR) is 137 cm³/mol. The van der Waals surface area contributed by atoms with Gasteiger partial charge in [-0.25, -0.2) is 4.39 Å². The van der Waals surface area contributed by atoms with Crippen molar-refractivity contribution < 1.29 is 31.1 Å². The molecule has 0 unspecified atom stereocenters. The Kier molecular flexibility index (Phi) is 9.49. The van der Waals surface area contributed by atoms with Crippen molar-refractivity contribution in [2.75, 3.05) is 6.54 Å². The molecule has 1 aromatic carbocycles. The average Bonchev–Trinajstić information content (AvgIpc) is 3.39. The first-order valence-corrected chi connectivity index (χ1v) is 12.6. The van der Waals surface area contributed by atoms with Gasteiger partial charge in [-0.15, -0.1) is 0 Å². The van der Waals surface area contributed by atoms with Crippen molar-refractivity contribution >= 4 is 11.1 Å². The van der Waals surface area contributed by atoms with Crippen LogP contribution in [0.2, 0.25) is 0 Å². The normalized spacial score (nSPS) is 15.3. The van der Waals surface area contributed by atoms with Crippen molar-refractivity contribution in [3.63, 3.8) is 0 Å². The summed E-state index contributed by atoms with van der Waals surface area (Å²) < 4.78 is 83.6. The summed E-state index contributed by atoms with van der Waals surface area (Å²) in [5, 5.41) is 12.7. The minimum atomic E-state index is -4.40. The maximum Gasteiger partial charge on any atom is 0.406 e. The van der Waals surface area contributed by atoms with Crippen LogP contribution in [0.4, 0.5) is 26.3 Å². The zero-order valence-electron chi connectivity index (χ0n) is 22.1. The topological polar surface area (TPSA) is 57.9 Å². The number of halogens is 6. The number of hydrogen-bond acceptors (Lipinski definition) is 4. The van der Waals surface area contributed by atoms with E-state index >= 15 is 0 Å². The second-order valence-electron chi connectivity index (χ2n) is 10.2. The molecule has 4 nitrogen and oxygen atoms in total. The molecule has 0 spiro atoms. The van der Waals surface area contributed by atoms with E-state index in [1.165, 1.54) is 6.20 Å². The van der Waals surface area contributed by atoms with Crippen LogP contribution in [-0.2, 0) is 6.42 Å². The average molecular weight is 552 g/mol. The Morgan fingerprint density at radius 1 is 1.21 bits per heavy atom. The van der Waals surface area contributed by atoms with Gasteiger partial charge >= 0.3 is 12.8 Å². The van der Waals surface area contributed by atoms with E-state index in [9.17, 15) is 31.6 Å². The summed E-state index contributed by atoms with van der Waals surface area (Å²) in [6, 6.07) is 7.63. The molecule has 1 saturated carbocycles. The fourth-order valence-corrected chi connectivity index (χ4v) is 4.63. The molecule has 0 atom stereocenters. The molecule has 0 radical (unpaired) electrons. The Hall–Kier alpha value is -3.32. The molecule has 1 heterocycles. The fourth-order valence-electron chi connectivity index (χ4n) is 4.63. The van der Waals surface area contributed by atoms with E-state index in [0.717, 1.165) is 51.7 Å². The molecule has 0 saturated heterocycles. The molecule has 1 aliphatic carbocycles. The van der Waals surface area contributed by atoms with E-state index < -0.39 is 29.9 Å². The third-order valence-electron chi connectivity index (χ3n) is 7.07. The zero-order chi connectivity index (χ0) is 29.0. The first-order chi connectivity index (χ1) is 18.2. The largest absolute Gasteiger partial charge is 0.432 e. The van der Waals surface area contributed by atoms with E-state index in [1.807, 2.05) is 0 Å². The molecule has 0 aliphatic heterocycles. The number of rotatable bonds is 10. The lowest BCUT2D eigenvalue weighted by molar-refractivity contribution is -0.185. The van der Waals surface area contributed by atoms with Crippen molar-refractivity contribution in [3.05, 3.63) is 70.8 Å². The van der Waals surface area contributed by atoms with Crippen LogP contribution in [0.3, 0.4) is 0 Å². The van der Waals surface area contributed by atoms with Gasteiger partial charge < -0.3 is 10.1 Å². The van der Waals surface area contributed by atoms with Crippen molar-refractivity contribution in [1.82, 2.24) is 10.3 Å². The number of nitrogens with zero attached hydrogens (tertiary/aromatic N) is 2. The van der Waals surface area contributed by atoms with Crippen LogP contribution < -0.4 is 10.1 Å². The van der Waals surface area contributed by atoms with Gasteiger partial charge in [0.1, 0.15) is 11.6 Å². The standard InChI is InChI=1S/C29H31F6N3O/c1-17-13-25(39-27(31)32)23(30)14-21(17)22(15-36)26(18(2)20-7-5-6-8-20)24-10-9-19(16-37-24)11-12-38-28(3,4)29(33,34)35/h9-10,13-14,16,20,27,38H,2,5-8,11-12H2,1,3-4H3/b26-22+. The molecule has 1 aliphatic rings. The van der Waals surface area contributed by atoms with Gasteiger partial charge in [-0.05, 0) is 86.4 Å². The number of allylic oxidation sites excluding steroid dienone is 3. The lowest BCUT2D eigenvalue weighted by Gasteiger charge is -2.29. The molecule has 1 fully saturated rings. The van der Waals surface area contributed by atoms with Gasteiger partial charge in [0.05, 0.1) is 11.3 Å². The van der Waals surface area contributed by atoms with Gasteiger partial charge in [-0.3, -0.25) is 4.98 Å². The first-order valence-electron chi connectivity index (χ1n) is 12.6. The number of pyridine rings is 1. The Morgan fingerprint density at radius 3 is 2.41 bits per heavy atom. The highest BCUT2D eigenvalue weighted by molar-refractivity contribution is 6.03. The zero-order valence-corrected chi connectivity index (χ0v) is 22.1. The third kappa shape index (κ3) is 7.21. The molecule has 0 bridgehead atoms. The SMILES string of the molecule is C=C(/C(=C(/C#N)c1cc(F)c(OC(F)F)cc1C)c1ccc(CCNC(C)(C)C(F)(F)F)cn1)C1CCCC1. The maximum absolute atomic E-state index is 14.7. The van der Waals surface area contributed by atoms with E-state index in [0.29, 0.717) is 28.0 Å². The summed E-state index contributed by atoms with van der Waals surface area (Å²) in [4.78, 5) is 4.50. The Balaban J connectivity index is 1.99. The Morgan fingerprint density at radius 2 is 1.87 bits per heavy atom. The van der Waals surface area contributed by atoms with Crippen molar-refractivity contribution in [3.8, 4) is 11.8 Å². The number of nitrogens with one attached hydrogen (secondary N) is 1. The molecule has 1 N–H and O–H groups in total. The minimum Gasteiger partial charge on any atom is -0.432 e. The summed E-state index contributed by atoms with van der Waals surface area (Å²) in [6.45, 7) is 4.82. The fraction of sp³-hybridized carbons (Fsp3) is 0.448. The van der Waals surface area contributed by atoms with Crippen molar-refractivity contribution in [1.29, 1.82) is 5.26 Å². The van der Waals surface area contributed by atoms with Gasteiger partial charge in [0.25, 0.3) is 0 Å². The van der Waals surface area contributed by atoms with Crippen LogP contribution >= 0.6 is 0 Å². The molecule has 3 rings (SSSR count). The number of aryl methyl sites for hydroxylation is 1. The van der Waals surface area contributed by atoms with Gasteiger partial charge in [0.2, 0.25) is 0 Å². The van der Waals surface area contributed by atoms with Crippen LogP contribution in [0.15, 0.2) is 42.6 Å². The number of alkyl halides is 5. The molecule has 210 valence electrons. The highest BCUT2D eigenvalue weighted by atomic mass is 19.4. The second kappa shape index (κ2) is 12.2. The van der Waals surface area contributed by atoms with Crippen LogP contribution in [0.5, 0.6) is 5.75 Å². The highest BCUT2D eigenvalue weighted by Crippen LogP contribution is 2.41. The highest BCUT2D eigenvalue weighted by Gasteiger charge is 2.46. The van der Waals surface area contributed by atoms with E-state index in [1.54, 1.807) is 19.1 Å². The third-order valence-corrected chi connectivity index (χ3v) is 7.07. The lowest BCUT2D eigenvalue weighted by atomic mass is 9.84. The van der Waals surface area contributed by atoms with Gasteiger partial charge in [0, 0.05) is 18.3 Å². The monoisotopic (exact) mass is 551 g/mol. The van der Waals surface area contributed by atoms with E-state index in [-0.39, 0.29) is 30.0 Å². The number of hydrogen-bond donors (Lipinski definition) is 1. The summed E-state index contributed by atoms with van der Waals surface area (Å²) in [6.07, 6.45) is 1.16. The summed E-state index contributed by atoms with van der Waals surface area (Å²) in [5.41, 5.74) is 0.807. The smallest absolute Gasteiger partial charge is 0.406 e. The minimum absolute atomic E-state index is 0.0694. The molecule has 0 amide bonds. The second-order valence-corrected chi connectivity index (χ2v) is 10.2. The van der Waals surface area contributed by atoms with Gasteiger partial charge in [-0.1, -0.05) is 25.5 Å². The quantitative estimate of drug-likeness (QED) is 0.186. The van der Waals surface area contributed by atoms with Crippen LogP contribution in [0.1, 0.15) is 61.9 Å². The number of benzene rings is 1. The van der Waals surface area contributed by atoms with Gasteiger partial charge in [-0.2, -0.15) is 27.2 Å². The molecular weight excluding hydrogens is 520 g/mol. The lowest BCUT2D eigenvalue weighted by Crippen LogP contribution is -2.52. The molecular formula is C29H31F6N3O. The number of ether oxygens (including phenoxy) is 1. The van der Waals surface area contributed by atoms with Crippen molar-refractivity contribution in [2.24, 2.45) is 5.92 Å². The van der Waals surface area contributed by atoms with Crippen LogP contribution in [0.25, 0.3) is 11.1 Å². The van der Waals surface area contributed by atoms with E-state index in [2.05, 4.69) is 27.7 Å². The summed E-state index contributed by atoms with van der Waals surface area (Å²) in [7, 11) is 0. The Bertz CT molecular complexity index is 1250. The summed E-state index contributed by atoms with van der Waals surface area (Å²) in [5.74, 6) is -1.57. The van der Waals surface area contributed by atoms with E-state index in [4.69, 9.17) is 0 Å². The molecule has 10 heteroatoms. The predicted octanol–water partition coefficient (Wildman–Crippen LogP) is 7.78.